The number of likely N-dealkylation sites (N-methyl/N-ethyl adjacent to an activating group) is 1. The zero-order chi connectivity index (χ0) is 38.2. The number of imide groups is 1. The van der Waals surface area contributed by atoms with Crippen LogP contribution in [-0.4, -0.2) is 87.2 Å². The van der Waals surface area contributed by atoms with Gasteiger partial charge in [0.25, 0.3) is 11.6 Å². The van der Waals surface area contributed by atoms with E-state index in [9.17, 15) is 34.1 Å². The van der Waals surface area contributed by atoms with E-state index in [1.165, 1.54) is 60.5 Å². The number of hydrogen-bond acceptors (Lipinski definition) is 11. The number of non-ortho nitro benzene ring substituents is 1. The smallest absolute Gasteiger partial charge is 0.436 e. The normalized spacial score (nSPS) is 12.7. The van der Waals surface area contributed by atoms with Gasteiger partial charge in [0.15, 0.2) is 5.84 Å². The third-order valence-corrected chi connectivity index (χ3v) is 6.27. The number of carbonyl (C=O) groups excluding carboxylic acids is 5. The van der Waals surface area contributed by atoms with E-state index in [1.807, 2.05) is 0 Å². The fraction of sp³-hybridized carbons (Fsp3) is 0.486. The Balaban J connectivity index is 2.60. The molecule has 0 aliphatic carbocycles. The molecule has 2 aromatic rings. The van der Waals surface area contributed by atoms with Crippen molar-refractivity contribution in [2.45, 2.75) is 98.5 Å². The van der Waals surface area contributed by atoms with Crippen molar-refractivity contribution in [2.24, 2.45) is 4.99 Å². The van der Waals surface area contributed by atoms with Crippen LogP contribution < -0.4 is 0 Å². The van der Waals surface area contributed by atoms with E-state index in [0.717, 1.165) is 0 Å². The van der Waals surface area contributed by atoms with E-state index in [0.29, 0.717) is 10.5 Å². The minimum absolute atomic E-state index is 0.00455. The zero-order valence-electron chi connectivity index (χ0n) is 30.4. The summed E-state index contributed by atoms with van der Waals surface area (Å²) in [5.74, 6) is -1.77. The fourth-order valence-corrected chi connectivity index (χ4v) is 4.18. The third-order valence-electron chi connectivity index (χ3n) is 6.27. The fourth-order valence-electron chi connectivity index (χ4n) is 4.18. The van der Waals surface area contributed by atoms with Crippen LogP contribution in [0.5, 0.6) is 0 Å². The molecule has 0 unspecified atom stereocenters. The summed E-state index contributed by atoms with van der Waals surface area (Å²) in [5, 5.41) is 11.1. The largest absolute Gasteiger partial charge is 0.464 e. The number of rotatable bonds is 8. The van der Waals surface area contributed by atoms with Gasteiger partial charge < -0.3 is 23.8 Å². The summed E-state index contributed by atoms with van der Waals surface area (Å²) in [6.45, 7) is 16.0. The first kappa shape index (κ1) is 40.8. The second-order valence-electron chi connectivity index (χ2n) is 14.1. The molecule has 0 N–H and O–H groups in total. The lowest BCUT2D eigenvalue weighted by Gasteiger charge is -2.29. The summed E-state index contributed by atoms with van der Waals surface area (Å²) < 4.78 is 21.5. The van der Waals surface area contributed by atoms with Gasteiger partial charge in [-0.1, -0.05) is 24.3 Å². The van der Waals surface area contributed by atoms with Crippen molar-refractivity contribution in [3.8, 4) is 0 Å². The van der Waals surface area contributed by atoms with Crippen LogP contribution in [0, 0.1) is 10.1 Å². The molecule has 0 fully saturated rings. The molecule has 0 saturated heterocycles. The first-order valence-electron chi connectivity index (χ1n) is 15.8. The van der Waals surface area contributed by atoms with Gasteiger partial charge in [0.1, 0.15) is 22.8 Å². The number of benzene rings is 2. The van der Waals surface area contributed by atoms with Crippen LogP contribution in [0.25, 0.3) is 0 Å². The number of nitro benzene ring substituents is 1. The summed E-state index contributed by atoms with van der Waals surface area (Å²) >= 11 is 0. The molecule has 0 bridgehead atoms. The Morgan fingerprint density at radius 2 is 1.22 bits per heavy atom. The van der Waals surface area contributed by atoms with Gasteiger partial charge in [0.05, 0.1) is 11.5 Å². The van der Waals surface area contributed by atoms with Crippen LogP contribution in [-0.2, 0) is 30.2 Å². The summed E-state index contributed by atoms with van der Waals surface area (Å²) in [6.07, 6.45) is -3.48. The predicted octanol–water partition coefficient (Wildman–Crippen LogP) is 6.70. The number of hydrogen-bond donors (Lipinski definition) is 0. The Labute approximate surface area is 291 Å². The van der Waals surface area contributed by atoms with Gasteiger partial charge in [-0.2, -0.15) is 9.89 Å². The van der Waals surface area contributed by atoms with Gasteiger partial charge in [-0.05, 0) is 86.9 Å². The van der Waals surface area contributed by atoms with E-state index in [2.05, 4.69) is 4.99 Å². The highest BCUT2D eigenvalue weighted by Gasteiger charge is 2.37. The maximum Gasteiger partial charge on any atom is 0.436 e. The van der Waals surface area contributed by atoms with Crippen molar-refractivity contribution in [1.82, 2.24) is 9.80 Å². The second-order valence-corrected chi connectivity index (χ2v) is 14.1. The number of amidine groups is 1. The highest BCUT2D eigenvalue weighted by atomic mass is 16.6. The minimum Gasteiger partial charge on any atom is -0.464 e. The average molecular weight is 699 g/mol. The van der Waals surface area contributed by atoms with Gasteiger partial charge in [0.2, 0.25) is 0 Å². The molecular weight excluding hydrogens is 652 g/mol. The molecule has 1 atom stereocenters. The molecule has 50 heavy (non-hydrogen) atoms. The molecule has 0 spiro atoms. The van der Waals surface area contributed by atoms with Crippen molar-refractivity contribution < 1.29 is 47.8 Å². The van der Waals surface area contributed by atoms with Crippen LogP contribution >= 0.6 is 0 Å². The molecule has 4 amide bonds. The topological polar surface area (TPSA) is 184 Å². The highest BCUT2D eigenvalue weighted by Crippen LogP contribution is 2.21. The monoisotopic (exact) mass is 698 g/mol. The van der Waals surface area contributed by atoms with E-state index in [4.69, 9.17) is 18.9 Å². The Kier molecular flexibility index (Phi) is 13.4. The quantitative estimate of drug-likeness (QED) is 0.0714. The van der Waals surface area contributed by atoms with Crippen molar-refractivity contribution >= 4 is 41.7 Å². The molecule has 15 nitrogen and oxygen atoms in total. The highest BCUT2D eigenvalue weighted by molar-refractivity contribution is 6.18. The average Bonchev–Trinajstić information content (AvgIpc) is 2.96. The number of nitro groups is 1. The maximum absolute atomic E-state index is 13.7. The Bertz CT molecular complexity index is 1570. The zero-order valence-corrected chi connectivity index (χ0v) is 30.4. The number of carbonyl (C=O) groups is 5. The van der Waals surface area contributed by atoms with Crippen LogP contribution in [0.4, 0.5) is 20.1 Å². The number of esters is 1. The van der Waals surface area contributed by atoms with Gasteiger partial charge >= 0.3 is 24.2 Å². The summed E-state index contributed by atoms with van der Waals surface area (Å²) in [5.41, 5.74) is -2.53. The van der Waals surface area contributed by atoms with Gasteiger partial charge in [0, 0.05) is 36.7 Å². The number of ether oxygens (including phenoxy) is 4. The Hall–Kier alpha value is -5.34. The predicted molar refractivity (Wildman–Crippen MR) is 183 cm³/mol. The molecule has 15 heteroatoms. The molecular formula is C35H46N4O11. The first-order chi connectivity index (χ1) is 22.9. The van der Waals surface area contributed by atoms with E-state index < -0.39 is 63.8 Å². The third kappa shape index (κ3) is 12.6. The van der Waals surface area contributed by atoms with Gasteiger partial charge in [-0.15, -0.1) is 0 Å². The van der Waals surface area contributed by atoms with Crippen molar-refractivity contribution in [3.63, 3.8) is 0 Å². The van der Waals surface area contributed by atoms with E-state index in [1.54, 1.807) is 69.2 Å². The lowest BCUT2D eigenvalue weighted by molar-refractivity contribution is -0.384. The lowest BCUT2D eigenvalue weighted by atomic mass is 10.0. The van der Waals surface area contributed by atoms with Crippen LogP contribution in [0.3, 0.4) is 0 Å². The molecule has 0 radical (unpaired) electrons. The minimum atomic E-state index is -1.18. The molecule has 0 aliphatic rings. The van der Waals surface area contributed by atoms with E-state index >= 15 is 0 Å². The molecule has 0 aliphatic heterocycles. The van der Waals surface area contributed by atoms with Crippen LogP contribution in [0.1, 0.15) is 90.7 Å². The lowest BCUT2D eigenvalue weighted by Crippen LogP contribution is -2.47. The second kappa shape index (κ2) is 16.4. The SMILES string of the molecule is CCOC(=O)[C@H](Cc1ccc([N+](=O)[O-])cc1)N(C)C(=O)c1ccc(C(=NC(=O)OC(C)(C)C)N(C(=O)OC(C)(C)C)C(=O)OC(C)(C)C)cc1. The van der Waals surface area contributed by atoms with Crippen molar-refractivity contribution in [2.75, 3.05) is 13.7 Å². The summed E-state index contributed by atoms with van der Waals surface area (Å²) in [6, 6.07) is 9.89. The molecule has 272 valence electrons. The molecule has 2 rings (SSSR count). The first-order valence-corrected chi connectivity index (χ1v) is 15.8. The Morgan fingerprint density at radius 3 is 1.64 bits per heavy atom. The molecule has 0 heterocycles. The number of amides is 4. The summed E-state index contributed by atoms with van der Waals surface area (Å²) in [7, 11) is 1.41. The van der Waals surface area contributed by atoms with Crippen LogP contribution in [0.15, 0.2) is 53.5 Å². The number of aliphatic imine (C=N–C) groups is 1. The van der Waals surface area contributed by atoms with Crippen molar-refractivity contribution in [1.29, 1.82) is 0 Å². The van der Waals surface area contributed by atoms with Crippen molar-refractivity contribution in [3.05, 3.63) is 75.3 Å². The molecule has 0 saturated carbocycles. The van der Waals surface area contributed by atoms with Crippen LogP contribution in [0.2, 0.25) is 0 Å². The summed E-state index contributed by atoms with van der Waals surface area (Å²) in [4.78, 5) is 82.6. The molecule has 0 aromatic heterocycles. The maximum atomic E-state index is 13.7. The molecule has 2 aromatic carbocycles. The van der Waals surface area contributed by atoms with Gasteiger partial charge in [-0.25, -0.2) is 19.2 Å². The number of nitrogens with zero attached hydrogens (tertiary/aromatic N) is 4. The van der Waals surface area contributed by atoms with Gasteiger partial charge in [-0.3, -0.25) is 14.9 Å². The Morgan fingerprint density at radius 1 is 0.760 bits per heavy atom. The standard InChI is InChI=1S/C35H46N4O11/c1-12-47-29(41)26(21-22-13-19-25(20-14-22)39(45)46)37(11)28(40)24-17-15-23(16-18-24)27(36-30(42)48-33(2,3)4)38(31(43)49-34(5,6)7)32(44)50-35(8,9)10/h13-20,26H,12,21H2,1-11H3/t26-/m0/s1. The van der Waals surface area contributed by atoms with E-state index in [-0.39, 0.29) is 29.8 Å².